The van der Waals surface area contributed by atoms with Crippen molar-refractivity contribution in [3.63, 3.8) is 0 Å². The van der Waals surface area contributed by atoms with Gasteiger partial charge in [-0.2, -0.15) is 0 Å². The first kappa shape index (κ1) is 13.2. The van der Waals surface area contributed by atoms with Crippen molar-refractivity contribution < 1.29 is 9.52 Å². The van der Waals surface area contributed by atoms with Crippen LogP contribution in [0.2, 0.25) is 0 Å². The Morgan fingerprint density at radius 1 is 0.905 bits per heavy atom. The molecule has 0 aliphatic carbocycles. The van der Waals surface area contributed by atoms with Gasteiger partial charge in [0.15, 0.2) is 5.76 Å². The summed E-state index contributed by atoms with van der Waals surface area (Å²) in [6.07, 6.45) is 1.72. The standard InChI is InChI=1S/C17H16N2O2/c1-19(2)14-7-3-12(4-8-14)16-11-18-17(21-16)13-5-9-15(20)10-6-13/h3-11,20H,1-2H3. The zero-order valence-corrected chi connectivity index (χ0v) is 11.9. The van der Waals surface area contributed by atoms with E-state index in [9.17, 15) is 5.11 Å². The maximum absolute atomic E-state index is 9.30. The fraction of sp³-hybridized carbons (Fsp3) is 0.118. The molecule has 0 saturated heterocycles. The lowest BCUT2D eigenvalue weighted by atomic mass is 10.1. The van der Waals surface area contributed by atoms with Crippen LogP contribution in [0.25, 0.3) is 22.8 Å². The van der Waals surface area contributed by atoms with Crippen molar-refractivity contribution in [1.82, 2.24) is 4.98 Å². The number of aromatic nitrogens is 1. The molecule has 0 aliphatic heterocycles. The fourth-order valence-electron chi connectivity index (χ4n) is 2.07. The molecule has 4 nitrogen and oxygen atoms in total. The van der Waals surface area contributed by atoms with E-state index in [-0.39, 0.29) is 5.75 Å². The zero-order chi connectivity index (χ0) is 14.8. The topological polar surface area (TPSA) is 49.5 Å². The fourth-order valence-corrected chi connectivity index (χ4v) is 2.07. The van der Waals surface area contributed by atoms with Gasteiger partial charge in [0.05, 0.1) is 6.20 Å². The van der Waals surface area contributed by atoms with Gasteiger partial charge in [0.25, 0.3) is 0 Å². The lowest BCUT2D eigenvalue weighted by Gasteiger charge is -2.11. The molecule has 2 aromatic carbocycles. The van der Waals surface area contributed by atoms with E-state index >= 15 is 0 Å². The van der Waals surface area contributed by atoms with Crippen LogP contribution in [0, 0.1) is 0 Å². The third kappa shape index (κ3) is 2.74. The highest BCUT2D eigenvalue weighted by molar-refractivity contribution is 5.64. The van der Waals surface area contributed by atoms with Crippen molar-refractivity contribution in [3.8, 4) is 28.5 Å². The van der Waals surface area contributed by atoms with E-state index in [0.717, 1.165) is 22.6 Å². The monoisotopic (exact) mass is 280 g/mol. The Morgan fingerprint density at radius 2 is 1.52 bits per heavy atom. The summed E-state index contributed by atoms with van der Waals surface area (Å²) in [5.41, 5.74) is 2.96. The second kappa shape index (κ2) is 5.32. The molecular formula is C17H16N2O2. The van der Waals surface area contributed by atoms with Crippen LogP contribution in [-0.2, 0) is 0 Å². The molecule has 106 valence electrons. The quantitative estimate of drug-likeness (QED) is 0.793. The number of hydrogen-bond donors (Lipinski definition) is 1. The van der Waals surface area contributed by atoms with E-state index in [2.05, 4.69) is 4.98 Å². The molecule has 1 heterocycles. The average Bonchev–Trinajstić information content (AvgIpc) is 2.98. The second-order valence-corrected chi connectivity index (χ2v) is 5.02. The van der Waals surface area contributed by atoms with Crippen molar-refractivity contribution in [2.75, 3.05) is 19.0 Å². The molecule has 0 spiro atoms. The van der Waals surface area contributed by atoms with E-state index in [0.29, 0.717) is 5.89 Å². The number of rotatable bonds is 3. The summed E-state index contributed by atoms with van der Waals surface area (Å²) >= 11 is 0. The summed E-state index contributed by atoms with van der Waals surface area (Å²) < 4.78 is 5.79. The molecule has 0 aliphatic rings. The number of oxazole rings is 1. The molecular weight excluding hydrogens is 264 g/mol. The van der Waals surface area contributed by atoms with E-state index in [1.807, 2.05) is 43.3 Å². The third-order valence-electron chi connectivity index (χ3n) is 3.29. The van der Waals surface area contributed by atoms with Crippen LogP contribution in [-0.4, -0.2) is 24.2 Å². The Bertz CT molecular complexity index is 728. The average molecular weight is 280 g/mol. The SMILES string of the molecule is CN(C)c1ccc(-c2cnc(-c3ccc(O)cc3)o2)cc1. The molecule has 1 N–H and O–H groups in total. The Hall–Kier alpha value is -2.75. The number of phenolic OH excluding ortho intramolecular Hbond substituents is 1. The largest absolute Gasteiger partial charge is 0.508 e. The first-order valence-electron chi connectivity index (χ1n) is 6.66. The Balaban J connectivity index is 1.89. The lowest BCUT2D eigenvalue weighted by Crippen LogP contribution is -2.07. The summed E-state index contributed by atoms with van der Waals surface area (Å²) in [4.78, 5) is 6.34. The Morgan fingerprint density at radius 3 is 2.14 bits per heavy atom. The normalized spacial score (nSPS) is 10.6. The summed E-state index contributed by atoms with van der Waals surface area (Å²) in [5.74, 6) is 1.50. The molecule has 4 heteroatoms. The van der Waals surface area contributed by atoms with Gasteiger partial charge in [-0.15, -0.1) is 0 Å². The van der Waals surface area contributed by atoms with Gasteiger partial charge in [0, 0.05) is 30.9 Å². The highest BCUT2D eigenvalue weighted by Gasteiger charge is 2.08. The van der Waals surface area contributed by atoms with E-state index in [1.54, 1.807) is 30.5 Å². The van der Waals surface area contributed by atoms with Crippen LogP contribution in [0.1, 0.15) is 0 Å². The molecule has 0 radical (unpaired) electrons. The number of anilines is 1. The van der Waals surface area contributed by atoms with Crippen LogP contribution < -0.4 is 4.90 Å². The molecule has 0 unspecified atom stereocenters. The highest BCUT2D eigenvalue weighted by atomic mass is 16.4. The number of nitrogens with zero attached hydrogens (tertiary/aromatic N) is 2. The summed E-state index contributed by atoms with van der Waals surface area (Å²) in [6.45, 7) is 0. The molecule has 0 fully saturated rings. The zero-order valence-electron chi connectivity index (χ0n) is 11.9. The predicted molar refractivity (Wildman–Crippen MR) is 83.4 cm³/mol. The molecule has 0 bridgehead atoms. The van der Waals surface area contributed by atoms with Gasteiger partial charge >= 0.3 is 0 Å². The minimum absolute atomic E-state index is 0.227. The van der Waals surface area contributed by atoms with Crippen LogP contribution >= 0.6 is 0 Å². The summed E-state index contributed by atoms with van der Waals surface area (Å²) in [5, 5.41) is 9.30. The van der Waals surface area contributed by atoms with Crippen molar-refractivity contribution in [1.29, 1.82) is 0 Å². The minimum atomic E-state index is 0.227. The molecule has 0 atom stereocenters. The van der Waals surface area contributed by atoms with Gasteiger partial charge < -0.3 is 14.4 Å². The van der Waals surface area contributed by atoms with E-state index < -0.39 is 0 Å². The predicted octanol–water partition coefficient (Wildman–Crippen LogP) is 3.78. The number of aromatic hydroxyl groups is 1. The van der Waals surface area contributed by atoms with Crippen molar-refractivity contribution >= 4 is 5.69 Å². The number of phenols is 1. The smallest absolute Gasteiger partial charge is 0.226 e. The van der Waals surface area contributed by atoms with Crippen LogP contribution in [0.15, 0.2) is 59.1 Å². The molecule has 1 aromatic heterocycles. The maximum atomic E-state index is 9.30. The van der Waals surface area contributed by atoms with E-state index in [1.165, 1.54) is 0 Å². The Kier molecular flexibility index (Phi) is 3.36. The van der Waals surface area contributed by atoms with Gasteiger partial charge in [0.2, 0.25) is 5.89 Å². The summed E-state index contributed by atoms with van der Waals surface area (Å²) in [6, 6.07) is 14.9. The Labute approximate surface area is 123 Å². The van der Waals surface area contributed by atoms with E-state index in [4.69, 9.17) is 4.42 Å². The maximum Gasteiger partial charge on any atom is 0.226 e. The van der Waals surface area contributed by atoms with Gasteiger partial charge in [-0.25, -0.2) is 4.98 Å². The highest BCUT2D eigenvalue weighted by Crippen LogP contribution is 2.28. The van der Waals surface area contributed by atoms with Crippen molar-refractivity contribution in [2.24, 2.45) is 0 Å². The third-order valence-corrected chi connectivity index (χ3v) is 3.29. The minimum Gasteiger partial charge on any atom is -0.508 e. The van der Waals surface area contributed by atoms with Gasteiger partial charge in [-0.3, -0.25) is 0 Å². The van der Waals surface area contributed by atoms with Gasteiger partial charge in [-0.1, -0.05) is 0 Å². The van der Waals surface area contributed by atoms with Crippen LogP contribution in [0.5, 0.6) is 5.75 Å². The first-order valence-corrected chi connectivity index (χ1v) is 6.66. The lowest BCUT2D eigenvalue weighted by molar-refractivity contribution is 0.475. The van der Waals surface area contributed by atoms with Gasteiger partial charge in [0.1, 0.15) is 5.75 Å². The summed E-state index contributed by atoms with van der Waals surface area (Å²) in [7, 11) is 4.01. The molecule has 21 heavy (non-hydrogen) atoms. The van der Waals surface area contributed by atoms with Crippen molar-refractivity contribution in [3.05, 3.63) is 54.7 Å². The van der Waals surface area contributed by atoms with Crippen LogP contribution in [0.3, 0.4) is 0 Å². The first-order chi connectivity index (χ1) is 10.1. The number of benzene rings is 2. The molecule has 0 amide bonds. The van der Waals surface area contributed by atoms with Gasteiger partial charge in [-0.05, 0) is 48.5 Å². The second-order valence-electron chi connectivity index (χ2n) is 5.02. The molecule has 0 saturated carbocycles. The number of hydrogen-bond acceptors (Lipinski definition) is 4. The molecule has 3 rings (SSSR count). The van der Waals surface area contributed by atoms with Crippen LogP contribution in [0.4, 0.5) is 5.69 Å². The molecule has 3 aromatic rings. The van der Waals surface area contributed by atoms with Crippen molar-refractivity contribution in [2.45, 2.75) is 0 Å².